The molecule has 0 atom stereocenters. The van der Waals surface area contributed by atoms with Gasteiger partial charge in [0.15, 0.2) is 0 Å². The van der Waals surface area contributed by atoms with Crippen molar-refractivity contribution in [1.29, 1.82) is 0 Å². The van der Waals surface area contributed by atoms with E-state index in [0.29, 0.717) is 12.5 Å². The van der Waals surface area contributed by atoms with E-state index in [2.05, 4.69) is 14.9 Å². The summed E-state index contributed by atoms with van der Waals surface area (Å²) in [7, 11) is 0. The maximum absolute atomic E-state index is 13.5. The van der Waals surface area contributed by atoms with Crippen molar-refractivity contribution < 1.29 is 13.9 Å². The summed E-state index contributed by atoms with van der Waals surface area (Å²) in [5, 5.41) is 1.99. The lowest BCUT2D eigenvalue weighted by Gasteiger charge is -2.43. The highest BCUT2D eigenvalue weighted by Crippen LogP contribution is 2.34. The van der Waals surface area contributed by atoms with E-state index in [1.165, 1.54) is 12.3 Å². The highest BCUT2D eigenvalue weighted by Gasteiger charge is 2.37. The number of hydrogen-bond donors (Lipinski definition) is 0. The molecule has 1 aliphatic carbocycles. The summed E-state index contributed by atoms with van der Waals surface area (Å²) in [6.45, 7) is 3.54. The summed E-state index contributed by atoms with van der Waals surface area (Å²) >= 11 is 0. The second kappa shape index (κ2) is 8.20. The molecule has 0 unspecified atom stereocenters. The number of nitrogens with zero attached hydrogens (tertiary/aromatic N) is 3. The molecule has 0 spiro atoms. The fraction of sp³-hybridized carbons (Fsp3) is 0.375. The Bertz CT molecular complexity index is 1070. The smallest absolute Gasteiger partial charge is 0.142 e. The second-order valence-corrected chi connectivity index (χ2v) is 8.24. The summed E-state index contributed by atoms with van der Waals surface area (Å²) in [4.78, 5) is 23.6. The molecule has 1 saturated carbocycles. The minimum absolute atomic E-state index is 0.139. The quantitative estimate of drug-likeness (QED) is 0.649. The van der Waals surface area contributed by atoms with Gasteiger partial charge >= 0.3 is 0 Å². The number of fused-ring (bicyclic) bond motifs is 1. The number of rotatable bonds is 5. The molecule has 5 nitrogen and oxygen atoms in total. The predicted molar refractivity (Wildman–Crippen MR) is 113 cm³/mol. The Balaban J connectivity index is 1.27. The highest BCUT2D eigenvalue weighted by molar-refractivity contribution is 5.89. The van der Waals surface area contributed by atoms with E-state index in [4.69, 9.17) is 4.74 Å². The van der Waals surface area contributed by atoms with Crippen molar-refractivity contribution in [3.8, 4) is 11.1 Å². The van der Waals surface area contributed by atoms with E-state index in [9.17, 15) is 9.18 Å². The molecule has 3 heterocycles. The van der Waals surface area contributed by atoms with Gasteiger partial charge in [0.1, 0.15) is 11.6 Å². The number of ether oxygens (including phenoxy) is 1. The van der Waals surface area contributed by atoms with Crippen LogP contribution in [0.15, 0.2) is 48.9 Å². The lowest BCUT2D eigenvalue weighted by Crippen LogP contribution is -2.51. The number of carbonyl (C=O) groups excluding carboxylic acids is 1. The van der Waals surface area contributed by atoms with Crippen LogP contribution in [0.1, 0.15) is 18.5 Å². The number of aromatic nitrogens is 2. The largest absolute Gasteiger partial charge is 0.379 e. The van der Waals surface area contributed by atoms with Gasteiger partial charge in [-0.05, 0) is 42.0 Å². The molecule has 2 fully saturated rings. The van der Waals surface area contributed by atoms with Crippen molar-refractivity contribution in [2.24, 2.45) is 5.92 Å². The topological polar surface area (TPSA) is 55.3 Å². The Labute approximate surface area is 174 Å². The Morgan fingerprint density at radius 3 is 2.67 bits per heavy atom. The molecule has 30 heavy (non-hydrogen) atoms. The third-order valence-electron chi connectivity index (χ3n) is 6.30. The molecule has 5 rings (SSSR count). The molecule has 1 aliphatic heterocycles. The molecule has 3 aromatic rings. The van der Waals surface area contributed by atoms with Crippen molar-refractivity contribution in [3.63, 3.8) is 0 Å². The number of carbonyl (C=O) groups is 1. The van der Waals surface area contributed by atoms with Crippen LogP contribution in [0.2, 0.25) is 0 Å². The summed E-state index contributed by atoms with van der Waals surface area (Å²) in [5.74, 6) is 0.0568. The van der Waals surface area contributed by atoms with Gasteiger partial charge in [-0.1, -0.05) is 12.1 Å². The van der Waals surface area contributed by atoms with Crippen molar-refractivity contribution in [2.75, 3.05) is 26.3 Å². The van der Waals surface area contributed by atoms with Crippen LogP contribution < -0.4 is 0 Å². The lowest BCUT2D eigenvalue weighted by molar-refractivity contribution is -0.127. The first-order valence-electron chi connectivity index (χ1n) is 10.5. The Kier molecular flexibility index (Phi) is 5.27. The number of hydrogen-bond acceptors (Lipinski definition) is 5. The highest BCUT2D eigenvalue weighted by atomic mass is 19.1. The summed E-state index contributed by atoms with van der Waals surface area (Å²) in [5.41, 5.74) is 2.41. The van der Waals surface area contributed by atoms with Gasteiger partial charge < -0.3 is 4.74 Å². The first kappa shape index (κ1) is 19.3. The van der Waals surface area contributed by atoms with E-state index in [-0.39, 0.29) is 17.5 Å². The van der Waals surface area contributed by atoms with Crippen molar-refractivity contribution in [2.45, 2.75) is 25.3 Å². The minimum atomic E-state index is -0.357. The van der Waals surface area contributed by atoms with Crippen molar-refractivity contribution in [1.82, 2.24) is 14.9 Å². The van der Waals surface area contributed by atoms with Crippen LogP contribution in [-0.2, 0) is 16.0 Å². The molecular formula is C24H24FN3O2. The van der Waals surface area contributed by atoms with Crippen LogP contribution in [0.3, 0.4) is 0 Å². The molecule has 2 aliphatic rings. The molecule has 6 heteroatoms. The second-order valence-electron chi connectivity index (χ2n) is 8.24. The summed E-state index contributed by atoms with van der Waals surface area (Å²) in [6.07, 6.45) is 6.91. The van der Waals surface area contributed by atoms with Crippen molar-refractivity contribution >= 4 is 16.6 Å². The minimum Gasteiger partial charge on any atom is -0.379 e. The molecule has 0 N–H and O–H groups in total. The first-order chi connectivity index (χ1) is 14.7. The van der Waals surface area contributed by atoms with Gasteiger partial charge in [-0.25, -0.2) is 4.39 Å². The van der Waals surface area contributed by atoms with E-state index < -0.39 is 0 Å². The third-order valence-corrected chi connectivity index (χ3v) is 6.30. The molecule has 154 valence electrons. The van der Waals surface area contributed by atoms with Crippen LogP contribution in [0.25, 0.3) is 21.9 Å². The fourth-order valence-corrected chi connectivity index (χ4v) is 4.45. The van der Waals surface area contributed by atoms with E-state index in [1.54, 1.807) is 6.20 Å². The molecule has 0 amide bonds. The number of pyridine rings is 2. The molecule has 2 aromatic heterocycles. The van der Waals surface area contributed by atoms with Crippen LogP contribution >= 0.6 is 0 Å². The molecule has 1 saturated heterocycles. The predicted octanol–water partition coefficient (Wildman–Crippen LogP) is 3.66. The molecular weight excluding hydrogens is 381 g/mol. The monoisotopic (exact) mass is 405 g/mol. The van der Waals surface area contributed by atoms with Crippen LogP contribution in [0.5, 0.6) is 0 Å². The average molecular weight is 405 g/mol. The maximum Gasteiger partial charge on any atom is 0.142 e. The Morgan fingerprint density at radius 1 is 1.03 bits per heavy atom. The van der Waals surface area contributed by atoms with Crippen LogP contribution in [-0.4, -0.2) is 53.0 Å². The maximum atomic E-state index is 13.5. The normalized spacial score (nSPS) is 22.0. The fourth-order valence-electron chi connectivity index (χ4n) is 4.45. The number of benzene rings is 1. The van der Waals surface area contributed by atoms with Crippen LogP contribution in [0, 0.1) is 11.7 Å². The molecule has 1 aromatic carbocycles. The van der Waals surface area contributed by atoms with Crippen LogP contribution in [0.4, 0.5) is 4.39 Å². The van der Waals surface area contributed by atoms with Gasteiger partial charge in [0.2, 0.25) is 0 Å². The van der Waals surface area contributed by atoms with Crippen molar-refractivity contribution in [3.05, 3.63) is 60.4 Å². The number of halogens is 1. The average Bonchev–Trinajstić information content (AvgIpc) is 2.73. The standard InChI is InChI=1S/C24H24FN3O2/c25-21-8-20(13-26-15-21)16-1-2-17-14-27-22(9-18(17)7-16)12-24(29)19-10-23(11-19)28-3-5-30-6-4-28/h1-2,7-9,13-15,19,23H,3-6,10-12H2. The number of Topliss-reactive ketones (excluding diaryl/α,β-unsaturated/α-hetero) is 1. The third kappa shape index (κ3) is 3.98. The zero-order chi connectivity index (χ0) is 20.5. The van der Waals surface area contributed by atoms with Gasteiger partial charge in [-0.3, -0.25) is 19.7 Å². The number of ketones is 1. The number of morpholine rings is 1. The van der Waals surface area contributed by atoms with Gasteiger partial charge in [-0.2, -0.15) is 0 Å². The SMILES string of the molecule is O=C(Cc1cc2cc(-c3cncc(F)c3)ccc2cn1)C1CC(N2CCOCC2)C1. The molecule has 0 bridgehead atoms. The zero-order valence-electron chi connectivity index (χ0n) is 16.8. The Hall–Kier alpha value is -2.70. The first-order valence-corrected chi connectivity index (χ1v) is 10.5. The zero-order valence-corrected chi connectivity index (χ0v) is 16.8. The lowest BCUT2D eigenvalue weighted by atomic mass is 9.75. The van der Waals surface area contributed by atoms with E-state index in [1.807, 2.05) is 30.5 Å². The van der Waals surface area contributed by atoms with Gasteiger partial charge in [0, 0.05) is 60.5 Å². The van der Waals surface area contributed by atoms with E-state index >= 15 is 0 Å². The Morgan fingerprint density at radius 2 is 1.87 bits per heavy atom. The van der Waals surface area contributed by atoms with Gasteiger partial charge in [-0.15, -0.1) is 0 Å². The van der Waals surface area contributed by atoms with Gasteiger partial charge in [0.25, 0.3) is 0 Å². The molecule has 0 radical (unpaired) electrons. The summed E-state index contributed by atoms with van der Waals surface area (Å²) < 4.78 is 18.9. The van der Waals surface area contributed by atoms with Gasteiger partial charge in [0.05, 0.1) is 19.4 Å². The summed E-state index contributed by atoms with van der Waals surface area (Å²) in [6, 6.07) is 9.87. The van der Waals surface area contributed by atoms with E-state index in [0.717, 1.165) is 66.7 Å².